The monoisotopic (exact) mass is 344 g/mol. The summed E-state index contributed by atoms with van der Waals surface area (Å²) >= 11 is 11.8. The first-order valence-electron chi connectivity index (χ1n) is 6.05. The first-order valence-corrected chi connectivity index (χ1v) is 8.29. The van der Waals surface area contributed by atoms with E-state index < -0.39 is 10.0 Å². The first-order chi connectivity index (χ1) is 9.70. The fourth-order valence-electron chi connectivity index (χ4n) is 1.85. The maximum atomic E-state index is 12.5. The average molecular weight is 345 g/mol. The molecule has 0 heterocycles. The summed E-state index contributed by atoms with van der Waals surface area (Å²) in [7, 11) is -3.72. The molecule has 7 heteroatoms. The second kappa shape index (κ2) is 5.75. The van der Waals surface area contributed by atoms with E-state index in [1.165, 1.54) is 12.1 Å². The minimum Gasteiger partial charge on any atom is -0.396 e. The summed E-state index contributed by atoms with van der Waals surface area (Å²) in [4.78, 5) is 0.214. The summed E-state index contributed by atoms with van der Waals surface area (Å²) in [6.07, 6.45) is 0. The van der Waals surface area contributed by atoms with Crippen LogP contribution in [-0.4, -0.2) is 8.42 Å². The molecule has 0 saturated heterocycles. The van der Waals surface area contributed by atoms with Crippen LogP contribution in [0.1, 0.15) is 11.1 Å². The SMILES string of the molecule is Cc1ccc(C)c(S(=O)(=O)Nc2cc(Cl)c(N)c(Cl)c2)c1. The van der Waals surface area contributed by atoms with Crippen molar-refractivity contribution in [2.45, 2.75) is 18.7 Å². The number of hydrogen-bond acceptors (Lipinski definition) is 3. The number of nitrogen functional groups attached to an aromatic ring is 1. The Balaban J connectivity index is 2.45. The number of halogens is 2. The molecule has 0 unspecified atom stereocenters. The Labute approximate surface area is 133 Å². The van der Waals surface area contributed by atoms with E-state index in [1.807, 2.05) is 13.0 Å². The molecule has 0 fully saturated rings. The molecule has 0 atom stereocenters. The van der Waals surface area contributed by atoms with Gasteiger partial charge in [0, 0.05) is 0 Å². The van der Waals surface area contributed by atoms with Gasteiger partial charge in [-0.2, -0.15) is 0 Å². The first kappa shape index (κ1) is 15.9. The van der Waals surface area contributed by atoms with Crippen LogP contribution in [0.15, 0.2) is 35.2 Å². The largest absolute Gasteiger partial charge is 0.396 e. The van der Waals surface area contributed by atoms with Crippen LogP contribution in [0.25, 0.3) is 0 Å². The lowest BCUT2D eigenvalue weighted by molar-refractivity contribution is 0.600. The molecule has 0 aliphatic rings. The molecule has 21 heavy (non-hydrogen) atoms. The van der Waals surface area contributed by atoms with E-state index >= 15 is 0 Å². The Morgan fingerprint density at radius 2 is 1.62 bits per heavy atom. The van der Waals surface area contributed by atoms with E-state index in [2.05, 4.69) is 4.72 Å². The third-order valence-corrected chi connectivity index (χ3v) is 5.11. The molecule has 2 aromatic carbocycles. The van der Waals surface area contributed by atoms with Crippen molar-refractivity contribution in [1.82, 2.24) is 0 Å². The van der Waals surface area contributed by atoms with Crippen molar-refractivity contribution in [1.29, 1.82) is 0 Å². The van der Waals surface area contributed by atoms with Crippen molar-refractivity contribution < 1.29 is 8.42 Å². The van der Waals surface area contributed by atoms with Crippen LogP contribution in [0, 0.1) is 13.8 Å². The van der Waals surface area contributed by atoms with E-state index in [1.54, 1.807) is 19.1 Å². The molecule has 0 bridgehead atoms. The van der Waals surface area contributed by atoms with Gasteiger partial charge >= 0.3 is 0 Å². The molecule has 0 aromatic heterocycles. The molecule has 0 spiro atoms. The van der Waals surface area contributed by atoms with Gasteiger partial charge in [0.15, 0.2) is 0 Å². The lowest BCUT2D eigenvalue weighted by atomic mass is 10.2. The smallest absolute Gasteiger partial charge is 0.262 e. The number of anilines is 2. The molecule has 112 valence electrons. The van der Waals surface area contributed by atoms with Gasteiger partial charge in [0.1, 0.15) is 0 Å². The molecule has 0 aliphatic heterocycles. The number of sulfonamides is 1. The summed E-state index contributed by atoms with van der Waals surface area (Å²) < 4.78 is 27.4. The van der Waals surface area contributed by atoms with Gasteiger partial charge in [-0.1, -0.05) is 35.3 Å². The molecular formula is C14H14Cl2N2O2S. The standard InChI is InChI=1S/C14H14Cl2N2O2S/c1-8-3-4-9(2)13(5-8)21(19,20)18-10-6-11(15)14(17)12(16)7-10/h3-7,18H,17H2,1-2H3. The lowest BCUT2D eigenvalue weighted by Crippen LogP contribution is -2.14. The molecule has 0 amide bonds. The van der Waals surface area contributed by atoms with Crippen molar-refractivity contribution in [2.24, 2.45) is 0 Å². The second-order valence-electron chi connectivity index (χ2n) is 4.73. The molecule has 0 saturated carbocycles. The Morgan fingerprint density at radius 3 is 2.19 bits per heavy atom. The summed E-state index contributed by atoms with van der Waals surface area (Å²) in [5.74, 6) is 0. The third-order valence-electron chi connectivity index (χ3n) is 2.96. The number of hydrogen-bond donors (Lipinski definition) is 2. The van der Waals surface area contributed by atoms with E-state index in [-0.39, 0.29) is 26.3 Å². The van der Waals surface area contributed by atoms with Crippen LogP contribution in [0.4, 0.5) is 11.4 Å². The minimum atomic E-state index is -3.72. The van der Waals surface area contributed by atoms with Gasteiger partial charge in [-0.05, 0) is 43.2 Å². The number of nitrogens with two attached hydrogens (primary N) is 1. The number of nitrogens with one attached hydrogen (secondary N) is 1. The zero-order valence-electron chi connectivity index (χ0n) is 11.4. The highest BCUT2D eigenvalue weighted by atomic mass is 35.5. The quantitative estimate of drug-likeness (QED) is 0.826. The molecule has 0 radical (unpaired) electrons. The van der Waals surface area contributed by atoms with Crippen LogP contribution >= 0.6 is 23.2 Å². The highest BCUT2D eigenvalue weighted by Crippen LogP contribution is 2.32. The van der Waals surface area contributed by atoms with Gasteiger partial charge in [0.2, 0.25) is 0 Å². The highest BCUT2D eigenvalue weighted by Gasteiger charge is 2.18. The van der Waals surface area contributed by atoms with Gasteiger partial charge < -0.3 is 5.73 Å². The molecule has 2 aromatic rings. The Bertz CT molecular complexity index is 782. The highest BCUT2D eigenvalue weighted by molar-refractivity contribution is 7.92. The zero-order valence-corrected chi connectivity index (χ0v) is 13.8. The molecule has 4 nitrogen and oxygen atoms in total. The van der Waals surface area contributed by atoms with Gasteiger partial charge in [0.25, 0.3) is 10.0 Å². The topological polar surface area (TPSA) is 72.2 Å². The predicted octanol–water partition coefficient (Wildman–Crippen LogP) is 3.99. The maximum absolute atomic E-state index is 12.5. The second-order valence-corrected chi connectivity index (χ2v) is 7.19. The van der Waals surface area contributed by atoms with Gasteiger partial charge in [-0.15, -0.1) is 0 Å². The molecule has 0 aliphatic carbocycles. The van der Waals surface area contributed by atoms with E-state index in [9.17, 15) is 8.42 Å². The predicted molar refractivity (Wildman–Crippen MR) is 87.6 cm³/mol. The van der Waals surface area contributed by atoms with Crippen LogP contribution in [0.5, 0.6) is 0 Å². The van der Waals surface area contributed by atoms with E-state index in [0.717, 1.165) is 5.56 Å². The van der Waals surface area contributed by atoms with Crippen molar-refractivity contribution in [3.05, 3.63) is 51.5 Å². The molecule has 2 rings (SSSR count). The van der Waals surface area contributed by atoms with Gasteiger partial charge in [-0.25, -0.2) is 8.42 Å². The van der Waals surface area contributed by atoms with E-state index in [4.69, 9.17) is 28.9 Å². The van der Waals surface area contributed by atoms with Crippen LogP contribution in [-0.2, 0) is 10.0 Å². The minimum absolute atomic E-state index is 0.196. The zero-order chi connectivity index (χ0) is 15.8. The Kier molecular flexibility index (Phi) is 4.37. The lowest BCUT2D eigenvalue weighted by Gasteiger charge is -2.12. The van der Waals surface area contributed by atoms with Gasteiger partial charge in [-0.3, -0.25) is 4.72 Å². The Morgan fingerprint density at radius 1 is 1.05 bits per heavy atom. The van der Waals surface area contributed by atoms with Crippen LogP contribution in [0.2, 0.25) is 10.0 Å². The number of benzene rings is 2. The average Bonchev–Trinajstić information content (AvgIpc) is 2.38. The Hall–Kier alpha value is -1.43. The summed E-state index contributed by atoms with van der Waals surface area (Å²) in [6.45, 7) is 3.56. The van der Waals surface area contributed by atoms with E-state index in [0.29, 0.717) is 5.56 Å². The molecule has 3 N–H and O–H groups in total. The van der Waals surface area contributed by atoms with Crippen LogP contribution < -0.4 is 10.5 Å². The normalized spacial score (nSPS) is 11.4. The van der Waals surface area contributed by atoms with Crippen molar-refractivity contribution in [3.63, 3.8) is 0 Å². The van der Waals surface area contributed by atoms with Crippen molar-refractivity contribution in [2.75, 3.05) is 10.5 Å². The van der Waals surface area contributed by atoms with Crippen molar-refractivity contribution >= 4 is 44.6 Å². The van der Waals surface area contributed by atoms with Gasteiger partial charge in [0.05, 0.1) is 26.3 Å². The number of rotatable bonds is 3. The summed E-state index contributed by atoms with van der Waals surface area (Å²) in [5, 5.41) is 0.391. The number of aryl methyl sites for hydroxylation is 2. The fourth-order valence-corrected chi connectivity index (χ4v) is 3.71. The maximum Gasteiger partial charge on any atom is 0.262 e. The molecular weight excluding hydrogens is 331 g/mol. The fraction of sp³-hybridized carbons (Fsp3) is 0.143. The summed E-state index contributed by atoms with van der Waals surface area (Å²) in [5.41, 5.74) is 7.62. The van der Waals surface area contributed by atoms with Crippen LogP contribution in [0.3, 0.4) is 0 Å². The summed E-state index contributed by atoms with van der Waals surface area (Å²) in [6, 6.07) is 8.06. The third kappa shape index (κ3) is 3.43. The van der Waals surface area contributed by atoms with Crippen molar-refractivity contribution in [3.8, 4) is 0 Å².